The average Bonchev–Trinajstić information content (AvgIpc) is 2.69. The van der Waals surface area contributed by atoms with Crippen LogP contribution in [0.3, 0.4) is 0 Å². The molecule has 2 aromatic carbocycles. The summed E-state index contributed by atoms with van der Waals surface area (Å²) in [7, 11) is 1.46. The average molecular weight is 368 g/mol. The van der Waals surface area contributed by atoms with Gasteiger partial charge in [-0.25, -0.2) is 0 Å². The Bertz CT molecular complexity index is 766. The molecule has 2 aromatic rings. The normalized spacial score (nSPS) is 21.4. The summed E-state index contributed by atoms with van der Waals surface area (Å²) in [5.74, 6) is -0.427. The lowest BCUT2D eigenvalue weighted by atomic mass is 9.74. The third-order valence-electron chi connectivity index (χ3n) is 4.95. The highest BCUT2D eigenvalue weighted by atomic mass is 16.5. The topological polar surface area (TPSA) is 78.9 Å². The molecule has 2 N–H and O–H groups in total. The van der Waals surface area contributed by atoms with Crippen LogP contribution in [0.15, 0.2) is 60.7 Å². The van der Waals surface area contributed by atoms with Crippen molar-refractivity contribution in [1.29, 1.82) is 0 Å². The van der Waals surface area contributed by atoms with E-state index >= 15 is 0 Å². The highest BCUT2D eigenvalue weighted by Crippen LogP contribution is 2.41. The molecule has 0 unspecified atom stereocenters. The molecular formula is C21H24N2O4. The fourth-order valence-corrected chi connectivity index (χ4v) is 3.72. The molecule has 27 heavy (non-hydrogen) atoms. The second kappa shape index (κ2) is 8.79. The van der Waals surface area contributed by atoms with E-state index in [-0.39, 0.29) is 43.0 Å². The van der Waals surface area contributed by atoms with Crippen molar-refractivity contribution in [2.75, 3.05) is 26.9 Å². The molecule has 1 aliphatic heterocycles. The number of amides is 2. The molecule has 0 aromatic heterocycles. The molecule has 0 radical (unpaired) electrons. The molecule has 2 amide bonds. The molecule has 0 bridgehead atoms. The number of rotatable bonds is 7. The quantitative estimate of drug-likeness (QED) is 0.775. The second-order valence-corrected chi connectivity index (χ2v) is 6.57. The number of aliphatic hydroxyl groups is 1. The van der Waals surface area contributed by atoms with Gasteiger partial charge in [0.1, 0.15) is 6.61 Å². The Balaban J connectivity index is 1.85. The van der Waals surface area contributed by atoms with E-state index in [1.54, 1.807) is 17.0 Å². The molecule has 1 aliphatic rings. The van der Waals surface area contributed by atoms with E-state index in [1.165, 1.54) is 7.11 Å². The Morgan fingerprint density at radius 2 is 1.67 bits per heavy atom. The van der Waals surface area contributed by atoms with Crippen LogP contribution in [0.2, 0.25) is 0 Å². The van der Waals surface area contributed by atoms with Crippen LogP contribution in [0.5, 0.6) is 0 Å². The number of hydrogen-bond acceptors (Lipinski definition) is 4. The molecule has 1 fully saturated rings. The van der Waals surface area contributed by atoms with E-state index in [9.17, 15) is 14.7 Å². The Hall–Kier alpha value is -2.70. The lowest BCUT2D eigenvalue weighted by Gasteiger charge is -2.55. The molecule has 0 spiro atoms. The molecule has 1 heterocycles. The monoisotopic (exact) mass is 368 g/mol. The number of nitrogens with one attached hydrogen (secondary N) is 1. The Morgan fingerprint density at radius 1 is 1.04 bits per heavy atom. The summed E-state index contributed by atoms with van der Waals surface area (Å²) >= 11 is 0. The van der Waals surface area contributed by atoms with E-state index < -0.39 is 0 Å². The van der Waals surface area contributed by atoms with Gasteiger partial charge in [-0.3, -0.25) is 9.59 Å². The van der Waals surface area contributed by atoms with Crippen LogP contribution in [0.25, 0.3) is 0 Å². The number of nitrogens with zero attached hydrogens (tertiary/aromatic N) is 1. The highest BCUT2D eigenvalue weighted by molar-refractivity contribution is 5.95. The van der Waals surface area contributed by atoms with Gasteiger partial charge in [-0.05, 0) is 17.7 Å². The fourth-order valence-electron chi connectivity index (χ4n) is 3.72. The molecule has 3 atom stereocenters. The predicted molar refractivity (Wildman–Crippen MR) is 101 cm³/mol. The molecular weight excluding hydrogens is 344 g/mol. The van der Waals surface area contributed by atoms with Crippen LogP contribution in [-0.2, 0) is 9.53 Å². The predicted octanol–water partition coefficient (Wildman–Crippen LogP) is 1.42. The van der Waals surface area contributed by atoms with Gasteiger partial charge in [0, 0.05) is 25.1 Å². The zero-order valence-corrected chi connectivity index (χ0v) is 15.2. The maximum Gasteiger partial charge on any atom is 0.254 e. The number of methoxy groups -OCH3 is 1. The maximum atomic E-state index is 13.0. The number of likely N-dealkylation sites (tertiary alicyclic amines) is 1. The minimum atomic E-state index is -0.329. The summed E-state index contributed by atoms with van der Waals surface area (Å²) in [4.78, 5) is 26.6. The van der Waals surface area contributed by atoms with Gasteiger partial charge in [-0.1, -0.05) is 48.5 Å². The smallest absolute Gasteiger partial charge is 0.254 e. The summed E-state index contributed by atoms with van der Waals surface area (Å²) in [5, 5.41) is 12.8. The summed E-state index contributed by atoms with van der Waals surface area (Å²) in [6.45, 7) is 0.135. The summed E-state index contributed by atoms with van der Waals surface area (Å²) in [6, 6.07) is 18.2. The van der Waals surface area contributed by atoms with Crippen LogP contribution >= 0.6 is 0 Å². The van der Waals surface area contributed by atoms with Crippen LogP contribution in [0.4, 0.5) is 0 Å². The van der Waals surface area contributed by atoms with Crippen molar-refractivity contribution >= 4 is 11.8 Å². The molecule has 6 nitrogen and oxygen atoms in total. The van der Waals surface area contributed by atoms with Crippen molar-refractivity contribution in [2.45, 2.75) is 18.0 Å². The highest BCUT2D eigenvalue weighted by Gasteiger charge is 2.51. The Morgan fingerprint density at radius 3 is 2.26 bits per heavy atom. The molecule has 142 valence electrons. The van der Waals surface area contributed by atoms with Gasteiger partial charge in [0.25, 0.3) is 5.91 Å². The Labute approximate surface area is 158 Å². The van der Waals surface area contributed by atoms with Crippen LogP contribution in [0.1, 0.15) is 21.8 Å². The lowest BCUT2D eigenvalue weighted by Crippen LogP contribution is -2.68. The third-order valence-corrected chi connectivity index (χ3v) is 4.95. The van der Waals surface area contributed by atoms with Gasteiger partial charge in [0.05, 0.1) is 18.7 Å². The first kappa shape index (κ1) is 19.1. The van der Waals surface area contributed by atoms with Gasteiger partial charge in [-0.15, -0.1) is 0 Å². The van der Waals surface area contributed by atoms with Gasteiger partial charge in [0.2, 0.25) is 5.91 Å². The van der Waals surface area contributed by atoms with Crippen LogP contribution in [-0.4, -0.2) is 60.8 Å². The zero-order chi connectivity index (χ0) is 19.2. The minimum Gasteiger partial charge on any atom is -0.394 e. The molecule has 6 heteroatoms. The summed E-state index contributed by atoms with van der Waals surface area (Å²) in [5.41, 5.74) is 1.61. The van der Waals surface area contributed by atoms with Crippen molar-refractivity contribution in [1.82, 2.24) is 10.2 Å². The second-order valence-electron chi connectivity index (χ2n) is 6.57. The Kier molecular flexibility index (Phi) is 6.21. The van der Waals surface area contributed by atoms with E-state index in [2.05, 4.69) is 5.32 Å². The van der Waals surface area contributed by atoms with E-state index in [0.717, 1.165) is 5.56 Å². The van der Waals surface area contributed by atoms with E-state index in [1.807, 2.05) is 48.5 Å². The lowest BCUT2D eigenvalue weighted by molar-refractivity contribution is -0.125. The largest absolute Gasteiger partial charge is 0.394 e. The maximum absolute atomic E-state index is 13.0. The number of carbonyl (C=O) groups excluding carboxylic acids is 2. The molecule has 1 saturated heterocycles. The fraction of sp³-hybridized carbons (Fsp3) is 0.333. The minimum absolute atomic E-state index is 0.0290. The zero-order valence-electron chi connectivity index (χ0n) is 15.2. The first-order valence-corrected chi connectivity index (χ1v) is 8.96. The number of aliphatic hydroxyl groups excluding tert-OH is 1. The number of carbonyl (C=O) groups is 2. The summed E-state index contributed by atoms with van der Waals surface area (Å²) in [6.07, 6.45) is 0. The first-order chi connectivity index (χ1) is 13.2. The van der Waals surface area contributed by atoms with Gasteiger partial charge in [-0.2, -0.15) is 0 Å². The van der Waals surface area contributed by atoms with Gasteiger partial charge < -0.3 is 20.1 Å². The standard InChI is InChI=1S/C21H24N2O4/c1-27-14-19(25)22-12-17-20(15-8-4-2-5-9-15)18(13-24)23(17)21(26)16-10-6-3-7-11-16/h2-11,17-18,20,24H,12-14H2,1H3,(H,22,25)/t17-,18+,20+/m1/s1. The van der Waals surface area contributed by atoms with Gasteiger partial charge in [0.15, 0.2) is 0 Å². The summed E-state index contributed by atoms with van der Waals surface area (Å²) < 4.78 is 4.85. The SMILES string of the molecule is COCC(=O)NC[C@@H]1[C@H](c2ccccc2)[C@H](CO)N1C(=O)c1ccccc1. The van der Waals surface area contributed by atoms with Crippen molar-refractivity contribution in [3.8, 4) is 0 Å². The van der Waals surface area contributed by atoms with Crippen molar-refractivity contribution < 1.29 is 19.4 Å². The van der Waals surface area contributed by atoms with Crippen LogP contribution in [0, 0.1) is 0 Å². The number of hydrogen-bond donors (Lipinski definition) is 2. The number of ether oxygens (including phenoxy) is 1. The van der Waals surface area contributed by atoms with E-state index in [0.29, 0.717) is 12.1 Å². The van der Waals surface area contributed by atoms with Crippen molar-refractivity contribution in [3.63, 3.8) is 0 Å². The molecule has 0 aliphatic carbocycles. The van der Waals surface area contributed by atoms with Crippen molar-refractivity contribution in [2.24, 2.45) is 0 Å². The molecule has 0 saturated carbocycles. The van der Waals surface area contributed by atoms with Crippen LogP contribution < -0.4 is 5.32 Å². The molecule has 3 rings (SSSR count). The first-order valence-electron chi connectivity index (χ1n) is 8.96. The number of benzene rings is 2. The van der Waals surface area contributed by atoms with Crippen molar-refractivity contribution in [3.05, 3.63) is 71.8 Å². The van der Waals surface area contributed by atoms with Gasteiger partial charge >= 0.3 is 0 Å². The van der Waals surface area contributed by atoms with E-state index in [4.69, 9.17) is 4.74 Å². The third kappa shape index (κ3) is 4.02.